The highest BCUT2D eigenvalue weighted by atomic mass is 16.4. The first-order valence-electron chi connectivity index (χ1n) is 5.63. The van der Waals surface area contributed by atoms with Crippen molar-refractivity contribution in [2.24, 2.45) is 12.5 Å². The van der Waals surface area contributed by atoms with Crippen molar-refractivity contribution < 1.29 is 9.90 Å². The van der Waals surface area contributed by atoms with Gasteiger partial charge in [0.15, 0.2) is 0 Å². The summed E-state index contributed by atoms with van der Waals surface area (Å²) in [6.07, 6.45) is 4.02. The number of aryl methyl sites for hydroxylation is 2. The van der Waals surface area contributed by atoms with Gasteiger partial charge >= 0.3 is 5.97 Å². The van der Waals surface area contributed by atoms with Crippen molar-refractivity contribution in [2.75, 3.05) is 0 Å². The van der Waals surface area contributed by atoms with Gasteiger partial charge in [0, 0.05) is 13.5 Å². The van der Waals surface area contributed by atoms with Gasteiger partial charge in [-0.3, -0.25) is 9.48 Å². The molecule has 0 radical (unpaired) electrons. The van der Waals surface area contributed by atoms with Crippen LogP contribution in [0, 0.1) is 12.3 Å². The minimum Gasteiger partial charge on any atom is -0.481 e. The van der Waals surface area contributed by atoms with Crippen LogP contribution < -0.4 is 0 Å². The van der Waals surface area contributed by atoms with Crippen LogP contribution in [0.3, 0.4) is 0 Å². The fourth-order valence-electron chi connectivity index (χ4n) is 2.53. The van der Waals surface area contributed by atoms with Crippen LogP contribution in [0.4, 0.5) is 0 Å². The largest absolute Gasteiger partial charge is 0.481 e. The van der Waals surface area contributed by atoms with E-state index in [0.29, 0.717) is 12.2 Å². The highest BCUT2D eigenvalue weighted by Gasteiger charge is 2.42. The Balaban J connectivity index is 2.24. The molecule has 1 aromatic rings. The van der Waals surface area contributed by atoms with Crippen LogP contribution in [0.1, 0.15) is 37.3 Å². The van der Waals surface area contributed by atoms with E-state index in [0.717, 1.165) is 31.5 Å². The van der Waals surface area contributed by atoms with Crippen LogP contribution in [-0.4, -0.2) is 25.8 Å². The number of carbonyl (C=O) groups is 1. The molecule has 5 heteroatoms. The quantitative estimate of drug-likeness (QED) is 0.839. The van der Waals surface area contributed by atoms with Gasteiger partial charge in [0.05, 0.1) is 5.41 Å². The third kappa shape index (κ3) is 1.81. The molecule has 5 nitrogen and oxygen atoms in total. The molecule has 1 N–H and O–H groups in total. The van der Waals surface area contributed by atoms with E-state index in [9.17, 15) is 9.90 Å². The van der Waals surface area contributed by atoms with E-state index in [1.807, 2.05) is 14.0 Å². The van der Waals surface area contributed by atoms with Gasteiger partial charge in [-0.25, -0.2) is 4.98 Å². The molecule has 0 aliphatic heterocycles. The lowest BCUT2D eigenvalue weighted by molar-refractivity contribution is -0.148. The van der Waals surface area contributed by atoms with Gasteiger partial charge in [0.1, 0.15) is 11.6 Å². The van der Waals surface area contributed by atoms with Crippen molar-refractivity contribution in [3.05, 3.63) is 11.6 Å². The van der Waals surface area contributed by atoms with Crippen molar-refractivity contribution in [1.82, 2.24) is 14.8 Å². The Morgan fingerprint density at radius 2 is 2.12 bits per heavy atom. The zero-order valence-corrected chi connectivity index (χ0v) is 9.73. The number of hydrogen-bond acceptors (Lipinski definition) is 3. The number of aliphatic carboxylic acids is 1. The predicted molar refractivity (Wildman–Crippen MR) is 58.0 cm³/mol. The van der Waals surface area contributed by atoms with Crippen LogP contribution >= 0.6 is 0 Å². The molecular weight excluding hydrogens is 206 g/mol. The lowest BCUT2D eigenvalue weighted by Gasteiger charge is -2.22. The second-order valence-corrected chi connectivity index (χ2v) is 4.67. The summed E-state index contributed by atoms with van der Waals surface area (Å²) in [5.74, 6) is 0.795. The zero-order chi connectivity index (χ0) is 11.8. The molecule has 0 bridgehead atoms. The van der Waals surface area contributed by atoms with E-state index in [-0.39, 0.29) is 0 Å². The minimum atomic E-state index is -0.689. The molecule has 1 fully saturated rings. The summed E-state index contributed by atoms with van der Waals surface area (Å²) in [4.78, 5) is 15.7. The van der Waals surface area contributed by atoms with Gasteiger partial charge in [-0.05, 0) is 19.8 Å². The molecule has 1 aliphatic carbocycles. The molecule has 16 heavy (non-hydrogen) atoms. The predicted octanol–water partition coefficient (Wildman–Crippen LogP) is 1.31. The lowest BCUT2D eigenvalue weighted by atomic mass is 9.82. The molecule has 1 aromatic heterocycles. The second-order valence-electron chi connectivity index (χ2n) is 4.67. The first-order chi connectivity index (χ1) is 7.53. The molecule has 0 unspecified atom stereocenters. The van der Waals surface area contributed by atoms with E-state index < -0.39 is 11.4 Å². The third-order valence-corrected chi connectivity index (χ3v) is 3.47. The van der Waals surface area contributed by atoms with Crippen LogP contribution in [0.2, 0.25) is 0 Å². The Bertz CT molecular complexity index is 405. The Hall–Kier alpha value is -1.39. The van der Waals surface area contributed by atoms with Gasteiger partial charge in [0.2, 0.25) is 0 Å². The summed E-state index contributed by atoms with van der Waals surface area (Å²) < 4.78 is 1.69. The van der Waals surface area contributed by atoms with Crippen molar-refractivity contribution in [2.45, 2.75) is 39.0 Å². The molecule has 2 rings (SSSR count). The number of rotatable bonds is 3. The molecule has 1 heterocycles. The highest BCUT2D eigenvalue weighted by Crippen LogP contribution is 2.40. The molecule has 0 amide bonds. The normalized spacial score (nSPS) is 18.9. The molecule has 88 valence electrons. The topological polar surface area (TPSA) is 68.0 Å². The Morgan fingerprint density at radius 1 is 1.50 bits per heavy atom. The van der Waals surface area contributed by atoms with Gasteiger partial charge in [-0.15, -0.1) is 0 Å². The summed E-state index contributed by atoms with van der Waals surface area (Å²) in [6, 6.07) is 0. The second kappa shape index (κ2) is 3.88. The van der Waals surface area contributed by atoms with Crippen molar-refractivity contribution in [3.8, 4) is 0 Å². The molecule has 1 saturated carbocycles. The van der Waals surface area contributed by atoms with E-state index >= 15 is 0 Å². The average molecular weight is 223 g/mol. The SMILES string of the molecule is Cc1nc(CC2(C(=O)O)CCCC2)n(C)n1. The molecule has 0 atom stereocenters. The van der Waals surface area contributed by atoms with E-state index in [2.05, 4.69) is 10.1 Å². The number of hydrogen-bond donors (Lipinski definition) is 1. The summed E-state index contributed by atoms with van der Waals surface area (Å²) >= 11 is 0. The molecule has 0 saturated heterocycles. The standard InChI is InChI=1S/C11H17N3O2/c1-8-12-9(14(2)13-8)7-11(10(15)16)5-3-4-6-11/h3-7H2,1-2H3,(H,15,16). The highest BCUT2D eigenvalue weighted by molar-refractivity contribution is 5.75. The maximum atomic E-state index is 11.4. The van der Waals surface area contributed by atoms with Crippen LogP contribution in [-0.2, 0) is 18.3 Å². The Kier molecular flexibility index (Phi) is 2.69. The van der Waals surface area contributed by atoms with Gasteiger partial charge in [-0.1, -0.05) is 12.8 Å². The maximum Gasteiger partial charge on any atom is 0.310 e. The lowest BCUT2D eigenvalue weighted by Crippen LogP contribution is -2.31. The van der Waals surface area contributed by atoms with Gasteiger partial charge in [-0.2, -0.15) is 5.10 Å². The van der Waals surface area contributed by atoms with Crippen molar-refractivity contribution in [3.63, 3.8) is 0 Å². The average Bonchev–Trinajstić information content (AvgIpc) is 2.76. The monoisotopic (exact) mass is 223 g/mol. The van der Waals surface area contributed by atoms with Gasteiger partial charge in [0.25, 0.3) is 0 Å². The number of aromatic nitrogens is 3. The first kappa shape index (κ1) is 11.1. The summed E-state index contributed by atoms with van der Waals surface area (Å²) in [7, 11) is 1.82. The third-order valence-electron chi connectivity index (χ3n) is 3.47. The van der Waals surface area contributed by atoms with Gasteiger partial charge < -0.3 is 5.11 Å². The molecule has 0 spiro atoms. The van der Waals surface area contributed by atoms with Crippen LogP contribution in [0.25, 0.3) is 0 Å². The van der Waals surface area contributed by atoms with E-state index in [4.69, 9.17) is 0 Å². The number of carboxylic acids is 1. The van der Waals surface area contributed by atoms with E-state index in [1.165, 1.54) is 0 Å². The maximum absolute atomic E-state index is 11.4. The minimum absolute atomic E-state index is 0.500. The molecule has 1 aliphatic rings. The fraction of sp³-hybridized carbons (Fsp3) is 0.727. The number of carboxylic acid groups (broad SMARTS) is 1. The summed E-state index contributed by atoms with van der Waals surface area (Å²) in [6.45, 7) is 1.82. The van der Waals surface area contributed by atoms with E-state index in [1.54, 1.807) is 4.68 Å². The van der Waals surface area contributed by atoms with Crippen LogP contribution in [0.5, 0.6) is 0 Å². The summed E-state index contributed by atoms with van der Waals surface area (Å²) in [5.41, 5.74) is -0.604. The molecule has 0 aromatic carbocycles. The zero-order valence-electron chi connectivity index (χ0n) is 9.73. The van der Waals surface area contributed by atoms with Crippen LogP contribution in [0.15, 0.2) is 0 Å². The van der Waals surface area contributed by atoms with Crippen molar-refractivity contribution >= 4 is 5.97 Å². The Morgan fingerprint density at radius 3 is 2.56 bits per heavy atom. The van der Waals surface area contributed by atoms with Crippen molar-refractivity contribution in [1.29, 1.82) is 0 Å². The first-order valence-corrected chi connectivity index (χ1v) is 5.63. The smallest absolute Gasteiger partial charge is 0.310 e. The number of nitrogens with zero attached hydrogens (tertiary/aromatic N) is 3. The Labute approximate surface area is 94.5 Å². The summed E-state index contributed by atoms with van der Waals surface area (Å²) in [5, 5.41) is 13.5. The fourth-order valence-corrected chi connectivity index (χ4v) is 2.53. The molecular formula is C11H17N3O2.